The number of hydrogen-bond acceptors (Lipinski definition) is 4. The molecule has 0 saturated carbocycles. The molecule has 1 atom stereocenters. The molecule has 24 heavy (non-hydrogen) atoms. The number of carbonyl (C=O) groups is 1. The first-order valence-electron chi connectivity index (χ1n) is 7.51. The summed E-state index contributed by atoms with van der Waals surface area (Å²) in [5.41, 5.74) is 0.644. The Morgan fingerprint density at radius 3 is 2.25 bits per heavy atom. The summed E-state index contributed by atoms with van der Waals surface area (Å²) < 4.78 is 29.0. The fraction of sp³-hybridized carbons (Fsp3) is 0.167. The highest BCUT2D eigenvalue weighted by Crippen LogP contribution is 2.23. The topological polar surface area (TPSA) is 63.7 Å². The van der Waals surface area contributed by atoms with Crippen LogP contribution < -0.4 is 9.64 Å². The van der Waals surface area contributed by atoms with Gasteiger partial charge in [0.15, 0.2) is 16.4 Å². The first kappa shape index (κ1) is 16.3. The zero-order valence-electron chi connectivity index (χ0n) is 12.9. The van der Waals surface area contributed by atoms with Crippen LogP contribution in [0, 0.1) is 0 Å². The van der Waals surface area contributed by atoms with Crippen LogP contribution in [0.2, 0.25) is 0 Å². The minimum atomic E-state index is -3.26. The van der Waals surface area contributed by atoms with Gasteiger partial charge >= 0.3 is 0 Å². The molecule has 0 radical (unpaired) electrons. The number of nitrogens with zero attached hydrogens (tertiary/aromatic N) is 1. The van der Waals surface area contributed by atoms with Crippen molar-refractivity contribution in [2.75, 3.05) is 17.3 Å². The Morgan fingerprint density at radius 1 is 1.04 bits per heavy atom. The van der Waals surface area contributed by atoms with Gasteiger partial charge in [-0.05, 0) is 30.3 Å². The number of hydrogen-bond donors (Lipinski definition) is 0. The summed E-state index contributed by atoms with van der Waals surface area (Å²) in [6.45, 7) is -0.163. The lowest BCUT2D eigenvalue weighted by atomic mass is 10.2. The van der Waals surface area contributed by atoms with Crippen LogP contribution in [0.3, 0.4) is 0 Å². The second-order valence-electron chi connectivity index (χ2n) is 5.43. The first-order chi connectivity index (χ1) is 11.6. The second kappa shape index (κ2) is 6.88. The van der Waals surface area contributed by atoms with Gasteiger partial charge < -0.3 is 9.64 Å². The number of benzene rings is 2. The van der Waals surface area contributed by atoms with Crippen LogP contribution in [-0.4, -0.2) is 32.7 Å². The van der Waals surface area contributed by atoms with Crippen molar-refractivity contribution in [1.82, 2.24) is 0 Å². The molecule has 1 aliphatic rings. The third-order valence-electron chi connectivity index (χ3n) is 3.65. The molecule has 0 bridgehead atoms. The van der Waals surface area contributed by atoms with Gasteiger partial charge in [-0.1, -0.05) is 36.4 Å². The monoisotopic (exact) mass is 343 g/mol. The van der Waals surface area contributed by atoms with Crippen LogP contribution in [0.5, 0.6) is 5.75 Å². The molecule has 0 spiro atoms. The lowest BCUT2D eigenvalue weighted by molar-refractivity contribution is -0.120. The van der Waals surface area contributed by atoms with Crippen molar-refractivity contribution in [2.24, 2.45) is 0 Å². The lowest BCUT2D eigenvalue weighted by Crippen LogP contribution is -2.43. The maximum Gasteiger partial charge on any atom is 0.265 e. The van der Waals surface area contributed by atoms with Crippen molar-refractivity contribution in [2.45, 2.75) is 6.04 Å². The predicted molar refractivity (Wildman–Crippen MR) is 92.6 cm³/mol. The normalized spacial score (nSPS) is 18.2. The van der Waals surface area contributed by atoms with Crippen LogP contribution in [0.25, 0.3) is 0 Å². The summed E-state index contributed by atoms with van der Waals surface area (Å²) in [4.78, 5) is 14.2. The lowest BCUT2D eigenvalue weighted by Gasteiger charge is -2.27. The van der Waals surface area contributed by atoms with Crippen molar-refractivity contribution >= 4 is 21.4 Å². The number of ether oxygens (including phenoxy) is 1. The van der Waals surface area contributed by atoms with E-state index in [2.05, 4.69) is 0 Å². The van der Waals surface area contributed by atoms with E-state index >= 15 is 0 Å². The second-order valence-corrected chi connectivity index (χ2v) is 7.36. The van der Waals surface area contributed by atoms with E-state index in [-0.39, 0.29) is 18.3 Å². The highest BCUT2D eigenvalue weighted by atomic mass is 32.2. The Kier molecular flexibility index (Phi) is 4.66. The van der Waals surface area contributed by atoms with E-state index in [9.17, 15) is 13.2 Å². The smallest absolute Gasteiger partial charge is 0.265 e. The van der Waals surface area contributed by atoms with Crippen LogP contribution in [0.4, 0.5) is 5.69 Å². The molecule has 2 aromatic rings. The molecule has 0 fully saturated rings. The van der Waals surface area contributed by atoms with E-state index in [1.807, 2.05) is 24.3 Å². The van der Waals surface area contributed by atoms with Gasteiger partial charge in [-0.3, -0.25) is 4.79 Å². The van der Waals surface area contributed by atoms with E-state index in [0.717, 1.165) is 0 Å². The molecule has 0 saturated heterocycles. The Hall–Kier alpha value is -2.60. The SMILES string of the molecule is O=C(COc1ccccc1)N(c1ccccc1)[C@H]1C=CS(=O)(=O)C1. The fourth-order valence-electron chi connectivity index (χ4n) is 2.56. The van der Waals surface area contributed by atoms with E-state index in [1.54, 1.807) is 42.5 Å². The van der Waals surface area contributed by atoms with E-state index in [0.29, 0.717) is 11.4 Å². The van der Waals surface area contributed by atoms with Crippen molar-refractivity contribution in [1.29, 1.82) is 0 Å². The molecule has 1 heterocycles. The Balaban J connectivity index is 1.80. The third-order valence-corrected chi connectivity index (χ3v) is 5.03. The van der Waals surface area contributed by atoms with Gasteiger partial charge in [0.2, 0.25) is 0 Å². The van der Waals surface area contributed by atoms with Crippen molar-refractivity contribution in [3.63, 3.8) is 0 Å². The number of anilines is 1. The van der Waals surface area contributed by atoms with Gasteiger partial charge in [0.1, 0.15) is 5.75 Å². The summed E-state index contributed by atoms with van der Waals surface area (Å²) in [5, 5.41) is 1.17. The van der Waals surface area contributed by atoms with E-state index in [4.69, 9.17) is 4.74 Å². The maximum atomic E-state index is 12.7. The molecule has 0 N–H and O–H groups in total. The van der Waals surface area contributed by atoms with Crippen molar-refractivity contribution in [3.8, 4) is 5.75 Å². The van der Waals surface area contributed by atoms with E-state index in [1.165, 1.54) is 10.3 Å². The van der Waals surface area contributed by atoms with Crippen molar-refractivity contribution in [3.05, 3.63) is 72.1 Å². The molecule has 2 aromatic carbocycles. The average Bonchev–Trinajstić information content (AvgIpc) is 2.95. The molecule has 1 aliphatic heterocycles. The van der Waals surface area contributed by atoms with Gasteiger partial charge in [-0.2, -0.15) is 0 Å². The summed E-state index contributed by atoms with van der Waals surface area (Å²) >= 11 is 0. The highest BCUT2D eigenvalue weighted by molar-refractivity contribution is 7.94. The van der Waals surface area contributed by atoms with Crippen molar-refractivity contribution < 1.29 is 17.9 Å². The van der Waals surface area contributed by atoms with Gasteiger partial charge in [-0.15, -0.1) is 0 Å². The molecule has 0 unspecified atom stereocenters. The molecule has 1 amide bonds. The summed E-state index contributed by atoms with van der Waals surface area (Å²) in [5.74, 6) is 0.184. The van der Waals surface area contributed by atoms with Gasteiger partial charge in [0, 0.05) is 11.1 Å². The molecular formula is C18H17NO4S. The maximum absolute atomic E-state index is 12.7. The number of carbonyl (C=O) groups excluding carboxylic acids is 1. The third kappa shape index (κ3) is 3.83. The summed E-state index contributed by atoms with van der Waals surface area (Å²) in [6, 6.07) is 17.5. The number of rotatable bonds is 5. The van der Waals surface area contributed by atoms with Crippen LogP contribution in [0.15, 0.2) is 72.1 Å². The molecule has 5 nitrogen and oxygen atoms in total. The van der Waals surface area contributed by atoms with Gasteiger partial charge in [0.25, 0.3) is 5.91 Å². The van der Waals surface area contributed by atoms with Gasteiger partial charge in [0.05, 0.1) is 11.8 Å². The quantitative estimate of drug-likeness (QED) is 0.836. The minimum absolute atomic E-state index is 0.112. The summed E-state index contributed by atoms with van der Waals surface area (Å²) in [7, 11) is -3.26. The Labute approximate surface area is 141 Å². The largest absolute Gasteiger partial charge is 0.484 e. The number of amides is 1. The zero-order valence-corrected chi connectivity index (χ0v) is 13.7. The van der Waals surface area contributed by atoms with E-state index < -0.39 is 15.9 Å². The van der Waals surface area contributed by atoms with Gasteiger partial charge in [-0.25, -0.2) is 8.42 Å². The molecule has 6 heteroatoms. The Morgan fingerprint density at radius 2 is 1.67 bits per heavy atom. The molecule has 3 rings (SSSR count). The first-order valence-corrected chi connectivity index (χ1v) is 9.23. The molecular weight excluding hydrogens is 326 g/mol. The highest BCUT2D eigenvalue weighted by Gasteiger charge is 2.31. The van der Waals surface area contributed by atoms with Crippen LogP contribution in [-0.2, 0) is 14.6 Å². The minimum Gasteiger partial charge on any atom is -0.484 e. The standard InChI is InChI=1S/C18H17NO4S/c20-18(13-23-17-9-5-2-6-10-17)19(15-7-3-1-4-8-15)16-11-12-24(21,22)14-16/h1-12,16H,13-14H2/t16-/m0/s1. The van der Waals surface area contributed by atoms with Crippen LogP contribution in [0.1, 0.15) is 0 Å². The summed E-state index contributed by atoms with van der Waals surface area (Å²) in [6.07, 6.45) is 1.54. The molecule has 0 aromatic heterocycles. The fourth-order valence-corrected chi connectivity index (χ4v) is 3.83. The average molecular weight is 343 g/mol. The molecule has 124 valence electrons. The van der Waals surface area contributed by atoms with Crippen LogP contribution >= 0.6 is 0 Å². The predicted octanol–water partition coefficient (Wildman–Crippen LogP) is 2.41. The Bertz CT molecular complexity index is 832. The number of para-hydroxylation sites is 2. The zero-order chi connectivity index (χ0) is 17.0. The number of sulfone groups is 1. The molecule has 0 aliphatic carbocycles.